The Morgan fingerprint density at radius 3 is 2.47 bits per heavy atom. The average molecular weight is 247 g/mol. The maximum Gasteiger partial charge on any atom is 0.139 e. The van der Waals surface area contributed by atoms with Crippen LogP contribution >= 0.6 is 23.2 Å². The highest BCUT2D eigenvalue weighted by atomic mass is 35.5. The smallest absolute Gasteiger partial charge is 0.139 e. The molecule has 0 atom stereocenters. The fraction of sp³-hybridized carbons (Fsp3) is 0.500. The van der Waals surface area contributed by atoms with Crippen LogP contribution in [-0.4, -0.2) is 6.61 Å². The quantitative estimate of drug-likeness (QED) is 0.744. The summed E-state index contributed by atoms with van der Waals surface area (Å²) in [7, 11) is 0. The Balaban J connectivity index is 2.55. The molecule has 0 aliphatic carbocycles. The lowest BCUT2D eigenvalue weighted by Gasteiger charge is -2.18. The van der Waals surface area contributed by atoms with Gasteiger partial charge >= 0.3 is 0 Å². The molecule has 84 valence electrons. The van der Waals surface area contributed by atoms with E-state index < -0.39 is 0 Å². The summed E-state index contributed by atoms with van der Waals surface area (Å²) in [6.07, 6.45) is 0.982. The lowest BCUT2D eigenvalue weighted by Crippen LogP contribution is -2.11. The van der Waals surface area contributed by atoms with Crippen LogP contribution in [0.25, 0.3) is 0 Å². The molecule has 0 aliphatic rings. The van der Waals surface area contributed by atoms with Crippen LogP contribution in [0.15, 0.2) is 18.2 Å². The summed E-state index contributed by atoms with van der Waals surface area (Å²) in [4.78, 5) is 0. The summed E-state index contributed by atoms with van der Waals surface area (Å²) < 4.78 is 5.58. The molecule has 15 heavy (non-hydrogen) atoms. The van der Waals surface area contributed by atoms with E-state index in [0.717, 1.165) is 6.42 Å². The second-order valence-corrected chi connectivity index (χ2v) is 5.50. The van der Waals surface area contributed by atoms with Crippen molar-refractivity contribution in [1.29, 1.82) is 0 Å². The Kier molecular flexibility index (Phi) is 4.30. The zero-order valence-electron chi connectivity index (χ0n) is 9.31. The Morgan fingerprint density at radius 1 is 1.20 bits per heavy atom. The highest BCUT2D eigenvalue weighted by molar-refractivity contribution is 6.42. The second-order valence-electron chi connectivity index (χ2n) is 4.71. The predicted octanol–water partition coefficient (Wildman–Crippen LogP) is 4.81. The van der Waals surface area contributed by atoms with Gasteiger partial charge in [0.25, 0.3) is 0 Å². The number of hydrogen-bond acceptors (Lipinski definition) is 1. The summed E-state index contributed by atoms with van der Waals surface area (Å²) in [5, 5.41) is 1.03. The van der Waals surface area contributed by atoms with E-state index in [0.29, 0.717) is 22.4 Å². The Morgan fingerprint density at radius 2 is 1.87 bits per heavy atom. The van der Waals surface area contributed by atoms with Gasteiger partial charge < -0.3 is 4.74 Å². The average Bonchev–Trinajstić information content (AvgIpc) is 2.10. The van der Waals surface area contributed by atoms with Gasteiger partial charge in [-0.1, -0.05) is 50.0 Å². The van der Waals surface area contributed by atoms with Crippen LogP contribution in [0, 0.1) is 5.41 Å². The van der Waals surface area contributed by atoms with Crippen LogP contribution in [0.4, 0.5) is 0 Å². The van der Waals surface area contributed by atoms with E-state index >= 15 is 0 Å². The van der Waals surface area contributed by atoms with Crippen molar-refractivity contribution in [3.05, 3.63) is 28.2 Å². The maximum atomic E-state index is 5.99. The van der Waals surface area contributed by atoms with Crippen LogP contribution < -0.4 is 4.74 Å². The standard InChI is InChI=1S/C12H16Cl2O/c1-12(2,3)7-8-15-10-6-4-5-9(13)11(10)14/h4-6H,7-8H2,1-3H3. The zero-order chi connectivity index (χ0) is 11.5. The van der Waals surface area contributed by atoms with Crippen LogP contribution in [0.1, 0.15) is 27.2 Å². The molecule has 0 radical (unpaired) electrons. The van der Waals surface area contributed by atoms with Crippen molar-refractivity contribution in [2.45, 2.75) is 27.2 Å². The minimum Gasteiger partial charge on any atom is -0.492 e. The van der Waals surface area contributed by atoms with Gasteiger partial charge in [0.2, 0.25) is 0 Å². The van der Waals surface area contributed by atoms with Crippen molar-refractivity contribution in [1.82, 2.24) is 0 Å². The molecule has 0 spiro atoms. The number of hydrogen-bond donors (Lipinski definition) is 0. The van der Waals surface area contributed by atoms with E-state index in [1.807, 2.05) is 12.1 Å². The van der Waals surface area contributed by atoms with E-state index in [1.54, 1.807) is 6.07 Å². The Labute approximate surface area is 101 Å². The first-order chi connectivity index (χ1) is 6.90. The summed E-state index contributed by atoms with van der Waals surface area (Å²) in [6, 6.07) is 5.41. The zero-order valence-corrected chi connectivity index (χ0v) is 10.8. The summed E-state index contributed by atoms with van der Waals surface area (Å²) >= 11 is 11.9. The fourth-order valence-electron chi connectivity index (χ4n) is 1.06. The first-order valence-electron chi connectivity index (χ1n) is 4.97. The van der Waals surface area contributed by atoms with Crippen molar-refractivity contribution >= 4 is 23.2 Å². The number of rotatable bonds is 3. The summed E-state index contributed by atoms with van der Waals surface area (Å²) in [5.74, 6) is 0.661. The molecule has 3 heteroatoms. The molecule has 0 aliphatic heterocycles. The third kappa shape index (κ3) is 4.31. The van der Waals surface area contributed by atoms with E-state index in [4.69, 9.17) is 27.9 Å². The molecule has 0 amide bonds. The van der Waals surface area contributed by atoms with Crippen LogP contribution in [-0.2, 0) is 0 Å². The fourth-order valence-corrected chi connectivity index (χ4v) is 1.41. The normalized spacial score (nSPS) is 11.5. The lowest BCUT2D eigenvalue weighted by molar-refractivity contribution is 0.243. The molecule has 0 N–H and O–H groups in total. The molecule has 1 aromatic rings. The van der Waals surface area contributed by atoms with E-state index in [9.17, 15) is 0 Å². The Hall–Kier alpha value is -0.400. The van der Waals surface area contributed by atoms with Crippen molar-refractivity contribution in [3.8, 4) is 5.75 Å². The highest BCUT2D eigenvalue weighted by Crippen LogP contribution is 2.32. The minimum atomic E-state index is 0.269. The second kappa shape index (κ2) is 5.09. The SMILES string of the molecule is CC(C)(C)CCOc1cccc(Cl)c1Cl. The molecule has 1 nitrogen and oxygen atoms in total. The van der Waals surface area contributed by atoms with Gasteiger partial charge in [-0.3, -0.25) is 0 Å². The van der Waals surface area contributed by atoms with Crippen molar-refractivity contribution in [3.63, 3.8) is 0 Å². The van der Waals surface area contributed by atoms with Crippen molar-refractivity contribution in [2.75, 3.05) is 6.61 Å². The van der Waals surface area contributed by atoms with Crippen LogP contribution in [0.2, 0.25) is 10.0 Å². The van der Waals surface area contributed by atoms with Gasteiger partial charge in [0.15, 0.2) is 0 Å². The van der Waals surface area contributed by atoms with E-state index in [1.165, 1.54) is 0 Å². The predicted molar refractivity (Wildman–Crippen MR) is 66.0 cm³/mol. The van der Waals surface area contributed by atoms with Crippen molar-refractivity contribution < 1.29 is 4.74 Å². The highest BCUT2D eigenvalue weighted by Gasteiger charge is 2.11. The molecule has 0 aromatic heterocycles. The minimum absolute atomic E-state index is 0.269. The number of benzene rings is 1. The molecule has 0 saturated heterocycles. The number of halogens is 2. The molecule has 0 saturated carbocycles. The van der Waals surface area contributed by atoms with E-state index in [-0.39, 0.29) is 5.41 Å². The summed E-state index contributed by atoms with van der Waals surface area (Å²) in [5.41, 5.74) is 0.269. The third-order valence-corrected chi connectivity index (χ3v) is 2.83. The molecule has 0 fully saturated rings. The first-order valence-corrected chi connectivity index (χ1v) is 5.72. The molecule has 0 unspecified atom stereocenters. The topological polar surface area (TPSA) is 9.23 Å². The maximum absolute atomic E-state index is 5.99. The largest absolute Gasteiger partial charge is 0.492 e. The van der Waals surface area contributed by atoms with Crippen molar-refractivity contribution in [2.24, 2.45) is 5.41 Å². The molecule has 1 rings (SSSR count). The van der Waals surface area contributed by atoms with E-state index in [2.05, 4.69) is 20.8 Å². The van der Waals surface area contributed by atoms with Gasteiger partial charge in [-0.2, -0.15) is 0 Å². The van der Waals surface area contributed by atoms with Gasteiger partial charge in [0, 0.05) is 0 Å². The Bertz CT molecular complexity index is 329. The van der Waals surface area contributed by atoms with Gasteiger partial charge in [0.1, 0.15) is 10.8 Å². The molecule has 1 aromatic carbocycles. The molecular formula is C12H16Cl2O. The van der Waals surface area contributed by atoms with Gasteiger partial charge in [-0.15, -0.1) is 0 Å². The monoisotopic (exact) mass is 246 g/mol. The lowest BCUT2D eigenvalue weighted by atomic mass is 9.93. The first kappa shape index (κ1) is 12.7. The van der Waals surface area contributed by atoms with Crippen LogP contribution in [0.5, 0.6) is 5.75 Å². The van der Waals surface area contributed by atoms with Gasteiger partial charge in [-0.05, 0) is 24.0 Å². The summed E-state index contributed by atoms with van der Waals surface area (Å²) in [6.45, 7) is 7.19. The van der Waals surface area contributed by atoms with Gasteiger partial charge in [-0.25, -0.2) is 0 Å². The molecule has 0 bridgehead atoms. The number of ether oxygens (including phenoxy) is 1. The van der Waals surface area contributed by atoms with Crippen LogP contribution in [0.3, 0.4) is 0 Å². The molecule has 0 heterocycles. The van der Waals surface area contributed by atoms with Gasteiger partial charge in [0.05, 0.1) is 11.6 Å². The molecular weight excluding hydrogens is 231 g/mol. The third-order valence-electron chi connectivity index (χ3n) is 2.03.